The van der Waals surface area contributed by atoms with Crippen molar-refractivity contribution >= 4 is 5.52 Å². The zero-order valence-corrected chi connectivity index (χ0v) is 12.4. The Hall–Kier alpha value is -1.39. The standard InChI is InChI=1S/C16H24N4/c1-12(2)19-7-3-4-14(19)8-16-18-10-15-6-5-13(9-17)11-20(15)16/h5-6,10-12,14H,3-4,7-9,17H2,1-2H3. The fourth-order valence-corrected chi connectivity index (χ4v) is 3.33. The third-order valence-corrected chi connectivity index (χ3v) is 4.41. The van der Waals surface area contributed by atoms with Gasteiger partial charge in [0.15, 0.2) is 0 Å². The molecule has 1 atom stereocenters. The van der Waals surface area contributed by atoms with Crippen LogP contribution in [0.25, 0.3) is 5.52 Å². The first kappa shape index (κ1) is 13.6. The summed E-state index contributed by atoms with van der Waals surface area (Å²) >= 11 is 0. The van der Waals surface area contributed by atoms with Crippen LogP contribution in [0.5, 0.6) is 0 Å². The Morgan fingerprint density at radius 3 is 3.00 bits per heavy atom. The van der Waals surface area contributed by atoms with E-state index in [2.05, 4.69) is 46.5 Å². The number of fused-ring (bicyclic) bond motifs is 1. The maximum absolute atomic E-state index is 5.74. The van der Waals surface area contributed by atoms with Crippen LogP contribution in [0, 0.1) is 0 Å². The Morgan fingerprint density at radius 1 is 1.40 bits per heavy atom. The van der Waals surface area contributed by atoms with Gasteiger partial charge in [-0.05, 0) is 44.9 Å². The number of nitrogens with zero attached hydrogens (tertiary/aromatic N) is 3. The molecule has 3 rings (SSSR count). The lowest BCUT2D eigenvalue weighted by Crippen LogP contribution is -2.37. The van der Waals surface area contributed by atoms with Crippen LogP contribution in [-0.4, -0.2) is 32.9 Å². The summed E-state index contributed by atoms with van der Waals surface area (Å²) in [6.45, 7) is 6.37. The van der Waals surface area contributed by atoms with Crippen LogP contribution in [0.2, 0.25) is 0 Å². The maximum atomic E-state index is 5.74. The van der Waals surface area contributed by atoms with Crippen LogP contribution in [0.4, 0.5) is 0 Å². The van der Waals surface area contributed by atoms with Crippen molar-refractivity contribution < 1.29 is 0 Å². The second-order valence-corrected chi connectivity index (χ2v) is 6.04. The Kier molecular flexibility index (Phi) is 3.76. The third-order valence-electron chi connectivity index (χ3n) is 4.41. The molecule has 4 nitrogen and oxygen atoms in total. The van der Waals surface area contributed by atoms with Gasteiger partial charge in [-0.15, -0.1) is 0 Å². The molecule has 4 heteroatoms. The van der Waals surface area contributed by atoms with Crippen molar-refractivity contribution in [1.29, 1.82) is 0 Å². The highest BCUT2D eigenvalue weighted by molar-refractivity contribution is 5.47. The molecule has 0 bridgehead atoms. The average Bonchev–Trinajstić information content (AvgIpc) is 3.06. The van der Waals surface area contributed by atoms with Crippen LogP contribution < -0.4 is 5.73 Å². The molecule has 2 N–H and O–H groups in total. The van der Waals surface area contributed by atoms with Gasteiger partial charge < -0.3 is 10.1 Å². The van der Waals surface area contributed by atoms with Gasteiger partial charge in [0, 0.05) is 31.2 Å². The quantitative estimate of drug-likeness (QED) is 0.928. The van der Waals surface area contributed by atoms with Gasteiger partial charge in [0.1, 0.15) is 5.82 Å². The lowest BCUT2D eigenvalue weighted by Gasteiger charge is -2.27. The number of hydrogen-bond donors (Lipinski definition) is 1. The summed E-state index contributed by atoms with van der Waals surface area (Å²) < 4.78 is 2.21. The van der Waals surface area contributed by atoms with Crippen LogP contribution in [0.1, 0.15) is 38.1 Å². The van der Waals surface area contributed by atoms with E-state index in [0.717, 1.165) is 23.3 Å². The van der Waals surface area contributed by atoms with E-state index in [-0.39, 0.29) is 0 Å². The minimum absolute atomic E-state index is 0.578. The number of rotatable bonds is 4. The number of nitrogens with two attached hydrogens (primary N) is 1. The lowest BCUT2D eigenvalue weighted by molar-refractivity contribution is 0.201. The molecule has 1 saturated heterocycles. The Labute approximate surface area is 120 Å². The molecule has 2 aromatic heterocycles. The van der Waals surface area contributed by atoms with E-state index in [1.165, 1.54) is 19.4 Å². The Bertz CT molecular complexity index is 587. The third kappa shape index (κ3) is 2.45. The molecular weight excluding hydrogens is 248 g/mol. The van der Waals surface area contributed by atoms with Gasteiger partial charge in [-0.25, -0.2) is 4.98 Å². The molecule has 0 radical (unpaired) electrons. The predicted molar refractivity (Wildman–Crippen MR) is 81.7 cm³/mol. The Morgan fingerprint density at radius 2 is 2.25 bits per heavy atom. The van der Waals surface area contributed by atoms with Crippen molar-refractivity contribution in [2.45, 2.75) is 51.7 Å². The van der Waals surface area contributed by atoms with E-state index >= 15 is 0 Å². The molecule has 3 heterocycles. The van der Waals surface area contributed by atoms with Gasteiger partial charge in [0.25, 0.3) is 0 Å². The normalized spacial score (nSPS) is 20.3. The lowest BCUT2D eigenvalue weighted by atomic mass is 10.1. The summed E-state index contributed by atoms with van der Waals surface area (Å²) in [6, 6.07) is 5.43. The second kappa shape index (κ2) is 5.54. The molecule has 2 aromatic rings. The smallest absolute Gasteiger partial charge is 0.114 e. The summed E-state index contributed by atoms with van der Waals surface area (Å²) in [4.78, 5) is 7.23. The molecule has 108 valence electrons. The first-order valence-corrected chi connectivity index (χ1v) is 7.59. The minimum Gasteiger partial charge on any atom is -0.326 e. The van der Waals surface area contributed by atoms with Crippen LogP contribution in [-0.2, 0) is 13.0 Å². The first-order valence-electron chi connectivity index (χ1n) is 7.59. The fourth-order valence-electron chi connectivity index (χ4n) is 3.33. The number of imidazole rings is 1. The maximum Gasteiger partial charge on any atom is 0.114 e. The second-order valence-electron chi connectivity index (χ2n) is 6.04. The molecule has 1 aliphatic heterocycles. The monoisotopic (exact) mass is 272 g/mol. The van der Waals surface area contributed by atoms with Crippen molar-refractivity contribution in [1.82, 2.24) is 14.3 Å². The Balaban J connectivity index is 1.87. The molecule has 1 unspecified atom stereocenters. The number of aromatic nitrogens is 2. The van der Waals surface area contributed by atoms with Crippen molar-refractivity contribution in [2.24, 2.45) is 5.73 Å². The molecule has 0 aromatic carbocycles. The molecule has 20 heavy (non-hydrogen) atoms. The van der Waals surface area contributed by atoms with E-state index in [1.807, 2.05) is 6.20 Å². The van der Waals surface area contributed by atoms with Crippen molar-refractivity contribution in [2.75, 3.05) is 6.54 Å². The van der Waals surface area contributed by atoms with Gasteiger partial charge >= 0.3 is 0 Å². The van der Waals surface area contributed by atoms with E-state index in [9.17, 15) is 0 Å². The van der Waals surface area contributed by atoms with Crippen LogP contribution in [0.15, 0.2) is 24.5 Å². The molecule has 0 amide bonds. The van der Waals surface area contributed by atoms with E-state index in [1.54, 1.807) is 0 Å². The SMILES string of the molecule is CC(C)N1CCCC1Cc1ncc2ccc(CN)cn12. The summed E-state index contributed by atoms with van der Waals surface area (Å²) in [6.07, 6.45) is 7.71. The summed E-state index contributed by atoms with van der Waals surface area (Å²) in [7, 11) is 0. The fraction of sp³-hybridized carbons (Fsp3) is 0.562. The van der Waals surface area contributed by atoms with Gasteiger partial charge in [0.05, 0.1) is 11.7 Å². The van der Waals surface area contributed by atoms with E-state index in [4.69, 9.17) is 5.73 Å². The van der Waals surface area contributed by atoms with Crippen molar-refractivity contribution in [3.63, 3.8) is 0 Å². The van der Waals surface area contributed by atoms with Crippen molar-refractivity contribution in [3.05, 3.63) is 35.9 Å². The summed E-state index contributed by atoms with van der Waals surface area (Å²) in [5, 5.41) is 0. The van der Waals surface area contributed by atoms with E-state index < -0.39 is 0 Å². The zero-order valence-electron chi connectivity index (χ0n) is 12.4. The zero-order chi connectivity index (χ0) is 14.1. The number of pyridine rings is 1. The highest BCUT2D eigenvalue weighted by Crippen LogP contribution is 2.23. The minimum atomic E-state index is 0.578. The van der Waals surface area contributed by atoms with Gasteiger partial charge in [0.2, 0.25) is 0 Å². The van der Waals surface area contributed by atoms with Gasteiger partial charge in [-0.1, -0.05) is 6.07 Å². The van der Waals surface area contributed by atoms with E-state index in [0.29, 0.717) is 18.6 Å². The van der Waals surface area contributed by atoms with Gasteiger partial charge in [-0.3, -0.25) is 4.90 Å². The number of likely N-dealkylation sites (tertiary alicyclic amines) is 1. The average molecular weight is 272 g/mol. The highest BCUT2D eigenvalue weighted by Gasteiger charge is 2.27. The molecular formula is C16H24N4. The number of hydrogen-bond acceptors (Lipinski definition) is 3. The highest BCUT2D eigenvalue weighted by atomic mass is 15.2. The summed E-state index contributed by atoms with van der Waals surface area (Å²) in [5.41, 5.74) is 8.06. The molecule has 0 aliphatic carbocycles. The largest absolute Gasteiger partial charge is 0.326 e. The van der Waals surface area contributed by atoms with Crippen LogP contribution in [0.3, 0.4) is 0 Å². The predicted octanol–water partition coefficient (Wildman–Crippen LogP) is 2.21. The molecule has 1 aliphatic rings. The van der Waals surface area contributed by atoms with Crippen LogP contribution >= 0.6 is 0 Å². The van der Waals surface area contributed by atoms with Gasteiger partial charge in [-0.2, -0.15) is 0 Å². The summed E-state index contributed by atoms with van der Waals surface area (Å²) in [5.74, 6) is 1.16. The molecule has 0 saturated carbocycles. The topological polar surface area (TPSA) is 46.6 Å². The molecule has 0 spiro atoms. The molecule has 1 fully saturated rings. The van der Waals surface area contributed by atoms with Crippen molar-refractivity contribution in [3.8, 4) is 0 Å². The first-order chi connectivity index (χ1) is 9.69.